The lowest BCUT2D eigenvalue weighted by Gasteiger charge is -2.26. The molecule has 3 aliphatic rings. The Morgan fingerprint density at radius 1 is 1.00 bits per heavy atom. The van der Waals surface area contributed by atoms with Crippen molar-refractivity contribution in [3.05, 3.63) is 24.3 Å². The number of carbonyl (C=O) groups is 4. The van der Waals surface area contributed by atoms with E-state index in [2.05, 4.69) is 5.32 Å². The number of nitrogens with zero attached hydrogens (tertiary/aromatic N) is 3. The quantitative estimate of drug-likeness (QED) is 0.475. The topological polar surface area (TPSA) is 133 Å². The lowest BCUT2D eigenvalue weighted by Crippen LogP contribution is -2.41. The molecule has 0 atom stereocenters. The lowest BCUT2D eigenvalue weighted by molar-refractivity contribution is -0.144. The molecule has 11 nitrogen and oxygen atoms in total. The van der Waals surface area contributed by atoms with E-state index in [1.165, 1.54) is 28.6 Å². The van der Waals surface area contributed by atoms with Crippen LogP contribution in [0.1, 0.15) is 25.7 Å². The molecule has 0 aromatic heterocycles. The first kappa shape index (κ1) is 22.4. The molecule has 0 spiro atoms. The summed E-state index contributed by atoms with van der Waals surface area (Å²) in [6.07, 6.45) is 3.08. The van der Waals surface area contributed by atoms with Gasteiger partial charge in [0.2, 0.25) is 15.9 Å². The van der Waals surface area contributed by atoms with Crippen LogP contribution < -0.4 is 5.32 Å². The van der Waals surface area contributed by atoms with E-state index in [-0.39, 0.29) is 24.0 Å². The number of sulfonamides is 1. The van der Waals surface area contributed by atoms with E-state index < -0.39 is 40.3 Å². The Morgan fingerprint density at radius 2 is 1.62 bits per heavy atom. The molecule has 0 unspecified atom stereocenters. The van der Waals surface area contributed by atoms with E-state index in [1.807, 2.05) is 0 Å². The van der Waals surface area contributed by atoms with Gasteiger partial charge in [0.05, 0.1) is 18.1 Å². The third-order valence-electron chi connectivity index (χ3n) is 5.82. The number of hydrogen-bond acceptors (Lipinski definition) is 7. The number of nitrogens with one attached hydrogen (secondary N) is 1. The van der Waals surface area contributed by atoms with Gasteiger partial charge in [-0.1, -0.05) is 12.8 Å². The summed E-state index contributed by atoms with van der Waals surface area (Å²) in [7, 11) is -3.66. The van der Waals surface area contributed by atoms with Gasteiger partial charge in [0.25, 0.3) is 0 Å². The number of urea groups is 1. The molecule has 1 N–H and O–H groups in total. The van der Waals surface area contributed by atoms with Gasteiger partial charge in [-0.05, 0) is 37.1 Å². The van der Waals surface area contributed by atoms with Gasteiger partial charge < -0.3 is 10.1 Å². The second-order valence-corrected chi connectivity index (χ2v) is 9.81. The summed E-state index contributed by atoms with van der Waals surface area (Å²) in [5.74, 6) is -2.58. The van der Waals surface area contributed by atoms with Gasteiger partial charge in [-0.15, -0.1) is 0 Å². The number of hydrogen-bond donors (Lipinski definition) is 1. The fraction of sp³-hybridized carbons (Fsp3) is 0.500. The van der Waals surface area contributed by atoms with Crippen molar-refractivity contribution < 1.29 is 32.3 Å². The second kappa shape index (κ2) is 8.96. The van der Waals surface area contributed by atoms with Crippen LogP contribution in [0.5, 0.6) is 0 Å². The number of amides is 5. The van der Waals surface area contributed by atoms with Gasteiger partial charge in [0.15, 0.2) is 0 Å². The van der Waals surface area contributed by atoms with E-state index in [0.717, 1.165) is 17.7 Å². The van der Waals surface area contributed by atoms with E-state index in [1.54, 1.807) is 0 Å². The number of benzene rings is 1. The molecule has 32 heavy (non-hydrogen) atoms. The maximum atomic E-state index is 12.7. The van der Waals surface area contributed by atoms with E-state index in [4.69, 9.17) is 4.74 Å². The number of morpholine rings is 1. The molecule has 1 saturated carbocycles. The van der Waals surface area contributed by atoms with Crippen molar-refractivity contribution in [1.29, 1.82) is 0 Å². The zero-order valence-electron chi connectivity index (χ0n) is 17.4. The SMILES string of the molecule is O=C(CN1C(=O)C(=O)N(C2CCCC2)C1=O)Nc1ccc(S(=O)(=O)N2CCOCC2)cc1. The van der Waals surface area contributed by atoms with Gasteiger partial charge in [0.1, 0.15) is 6.54 Å². The Morgan fingerprint density at radius 3 is 2.25 bits per heavy atom. The van der Waals surface area contributed by atoms with E-state index in [0.29, 0.717) is 36.6 Å². The monoisotopic (exact) mass is 464 g/mol. The van der Waals surface area contributed by atoms with Gasteiger partial charge in [-0.3, -0.25) is 19.3 Å². The van der Waals surface area contributed by atoms with Crippen molar-refractivity contribution in [2.45, 2.75) is 36.6 Å². The Labute approximate surface area is 185 Å². The van der Waals surface area contributed by atoms with Crippen molar-refractivity contribution in [1.82, 2.24) is 14.1 Å². The van der Waals surface area contributed by atoms with E-state index >= 15 is 0 Å². The molecule has 2 heterocycles. The van der Waals surface area contributed by atoms with Crippen LogP contribution in [-0.4, -0.2) is 85.2 Å². The molecule has 1 aromatic carbocycles. The van der Waals surface area contributed by atoms with Crippen LogP contribution in [0.4, 0.5) is 10.5 Å². The summed E-state index contributed by atoms with van der Waals surface area (Å²) >= 11 is 0. The maximum Gasteiger partial charge on any atom is 0.334 e. The van der Waals surface area contributed by atoms with Crippen molar-refractivity contribution in [2.75, 3.05) is 38.2 Å². The number of ether oxygens (including phenoxy) is 1. The predicted octanol–water partition coefficient (Wildman–Crippen LogP) is 0.379. The average molecular weight is 465 g/mol. The molecular formula is C20H24N4O7S. The van der Waals surface area contributed by atoms with Crippen LogP contribution in [0.25, 0.3) is 0 Å². The van der Waals surface area contributed by atoms with Crippen LogP contribution in [0.3, 0.4) is 0 Å². The Kier molecular flexibility index (Phi) is 6.26. The van der Waals surface area contributed by atoms with Crippen LogP contribution in [0.2, 0.25) is 0 Å². The van der Waals surface area contributed by atoms with E-state index in [9.17, 15) is 27.6 Å². The third-order valence-corrected chi connectivity index (χ3v) is 7.73. The highest BCUT2D eigenvalue weighted by Crippen LogP contribution is 2.27. The second-order valence-electron chi connectivity index (χ2n) is 7.88. The molecule has 1 aliphatic carbocycles. The summed E-state index contributed by atoms with van der Waals surface area (Å²) < 4.78 is 31.8. The summed E-state index contributed by atoms with van der Waals surface area (Å²) in [5, 5.41) is 2.52. The molecule has 1 aromatic rings. The highest BCUT2D eigenvalue weighted by Gasteiger charge is 2.48. The molecule has 2 saturated heterocycles. The van der Waals surface area contributed by atoms with Crippen molar-refractivity contribution in [3.63, 3.8) is 0 Å². The van der Waals surface area contributed by atoms with Crippen molar-refractivity contribution in [3.8, 4) is 0 Å². The fourth-order valence-electron chi connectivity index (χ4n) is 4.14. The van der Waals surface area contributed by atoms with Gasteiger partial charge >= 0.3 is 17.8 Å². The summed E-state index contributed by atoms with van der Waals surface area (Å²) in [6, 6.07) is 4.53. The number of carbonyl (C=O) groups excluding carboxylic acids is 4. The lowest BCUT2D eigenvalue weighted by atomic mass is 10.2. The Bertz CT molecular complexity index is 1030. The zero-order valence-corrected chi connectivity index (χ0v) is 18.2. The highest BCUT2D eigenvalue weighted by atomic mass is 32.2. The molecular weight excluding hydrogens is 440 g/mol. The predicted molar refractivity (Wildman–Crippen MR) is 111 cm³/mol. The van der Waals surface area contributed by atoms with Gasteiger partial charge in [-0.2, -0.15) is 4.31 Å². The molecule has 3 fully saturated rings. The molecule has 5 amide bonds. The fourth-order valence-corrected chi connectivity index (χ4v) is 5.54. The summed E-state index contributed by atoms with van der Waals surface area (Å²) in [5.41, 5.74) is 0.300. The number of imide groups is 2. The average Bonchev–Trinajstić information content (AvgIpc) is 3.38. The first-order chi connectivity index (χ1) is 15.3. The first-order valence-corrected chi connectivity index (χ1v) is 11.9. The molecule has 0 bridgehead atoms. The molecule has 0 radical (unpaired) electrons. The zero-order chi connectivity index (χ0) is 22.9. The third kappa shape index (κ3) is 4.25. The van der Waals surface area contributed by atoms with Crippen LogP contribution in [-0.2, 0) is 29.1 Å². The Hall–Kier alpha value is -2.83. The standard InChI is InChI=1S/C20H24N4O7S/c25-17(13-23-18(26)19(27)24(20(23)28)15-3-1-2-4-15)21-14-5-7-16(8-6-14)32(29,30)22-9-11-31-12-10-22/h5-8,15H,1-4,9-13H2,(H,21,25). The largest absolute Gasteiger partial charge is 0.379 e. The van der Waals surface area contributed by atoms with Crippen LogP contribution in [0, 0.1) is 0 Å². The smallest absolute Gasteiger partial charge is 0.334 e. The minimum Gasteiger partial charge on any atom is -0.379 e. The van der Waals surface area contributed by atoms with Gasteiger partial charge in [0, 0.05) is 24.8 Å². The maximum absolute atomic E-state index is 12.7. The minimum atomic E-state index is -3.66. The van der Waals surface area contributed by atoms with Crippen LogP contribution in [0.15, 0.2) is 29.2 Å². The minimum absolute atomic E-state index is 0.0834. The van der Waals surface area contributed by atoms with Gasteiger partial charge in [-0.25, -0.2) is 18.1 Å². The van der Waals surface area contributed by atoms with Crippen LogP contribution >= 0.6 is 0 Å². The van der Waals surface area contributed by atoms with Crippen molar-refractivity contribution in [2.24, 2.45) is 0 Å². The molecule has 2 aliphatic heterocycles. The molecule has 4 rings (SSSR count). The summed E-state index contributed by atoms with van der Waals surface area (Å²) in [6.45, 7) is 0.620. The van der Waals surface area contributed by atoms with Crippen molar-refractivity contribution >= 4 is 39.5 Å². The normalized spacial score (nSPS) is 20.9. The molecule has 12 heteroatoms. The molecule has 172 valence electrons. The number of rotatable bonds is 6. The number of anilines is 1. The first-order valence-electron chi connectivity index (χ1n) is 10.5. The Balaban J connectivity index is 1.38. The highest BCUT2D eigenvalue weighted by molar-refractivity contribution is 7.89. The summed E-state index contributed by atoms with van der Waals surface area (Å²) in [4.78, 5) is 51.1.